The summed E-state index contributed by atoms with van der Waals surface area (Å²) in [7, 11) is 1.71. The van der Waals surface area contributed by atoms with Crippen LogP contribution < -0.4 is 5.32 Å². The summed E-state index contributed by atoms with van der Waals surface area (Å²) in [6.07, 6.45) is 4.08. The van der Waals surface area contributed by atoms with Crippen LogP contribution in [-0.2, 0) is 4.79 Å². The topological polar surface area (TPSA) is 49.4 Å². The highest BCUT2D eigenvalue weighted by Crippen LogP contribution is 2.50. The van der Waals surface area contributed by atoms with Gasteiger partial charge in [-0.25, -0.2) is 0 Å². The van der Waals surface area contributed by atoms with E-state index in [9.17, 15) is 9.59 Å². The zero-order chi connectivity index (χ0) is 14.2. The molecule has 20 heavy (non-hydrogen) atoms. The Morgan fingerprint density at radius 1 is 1.45 bits per heavy atom. The highest BCUT2D eigenvalue weighted by atomic mass is 32.1. The van der Waals surface area contributed by atoms with Gasteiger partial charge < -0.3 is 10.2 Å². The van der Waals surface area contributed by atoms with Crippen molar-refractivity contribution in [2.75, 3.05) is 20.1 Å². The smallest absolute Gasteiger partial charge is 0.263 e. The van der Waals surface area contributed by atoms with Crippen LogP contribution >= 0.6 is 11.3 Å². The van der Waals surface area contributed by atoms with E-state index in [-0.39, 0.29) is 23.1 Å². The van der Waals surface area contributed by atoms with Crippen LogP contribution in [-0.4, -0.2) is 36.9 Å². The summed E-state index contributed by atoms with van der Waals surface area (Å²) in [5.74, 6) is 0.348. The number of rotatable bonds is 2. The molecule has 1 N–H and O–H groups in total. The number of likely N-dealkylation sites (tertiary alicyclic amines) is 1. The Morgan fingerprint density at radius 2 is 2.30 bits per heavy atom. The maximum Gasteiger partial charge on any atom is 0.263 e. The molecule has 5 heteroatoms. The second-order valence-corrected chi connectivity index (χ2v) is 6.82. The van der Waals surface area contributed by atoms with Crippen LogP contribution in [0.25, 0.3) is 0 Å². The average Bonchev–Trinajstić information content (AvgIpc) is 3.19. The maximum absolute atomic E-state index is 12.4. The van der Waals surface area contributed by atoms with Gasteiger partial charge in [0.2, 0.25) is 5.91 Å². The molecule has 3 rings (SSSR count). The lowest BCUT2D eigenvalue weighted by Gasteiger charge is -2.30. The molecule has 1 aromatic heterocycles. The number of hydrogen-bond donors (Lipinski definition) is 1. The lowest BCUT2D eigenvalue weighted by Crippen LogP contribution is -2.40. The van der Waals surface area contributed by atoms with Crippen LogP contribution in [0.5, 0.6) is 0 Å². The molecule has 2 amide bonds. The first-order chi connectivity index (χ1) is 9.66. The first-order valence-electron chi connectivity index (χ1n) is 7.21. The minimum Gasteiger partial charge on any atom is -0.359 e. The number of nitrogens with zero attached hydrogens (tertiary/aromatic N) is 1. The van der Waals surface area contributed by atoms with Gasteiger partial charge in [-0.15, -0.1) is 11.3 Å². The molecule has 108 valence electrons. The van der Waals surface area contributed by atoms with Gasteiger partial charge in [-0.05, 0) is 30.7 Å². The Balaban J connectivity index is 1.75. The van der Waals surface area contributed by atoms with Crippen LogP contribution in [0.15, 0.2) is 17.5 Å². The van der Waals surface area contributed by atoms with Crippen molar-refractivity contribution in [3.63, 3.8) is 0 Å². The van der Waals surface area contributed by atoms with Crippen molar-refractivity contribution in [1.82, 2.24) is 10.2 Å². The van der Waals surface area contributed by atoms with Crippen LogP contribution in [0.2, 0.25) is 0 Å². The number of hydrogen-bond acceptors (Lipinski definition) is 3. The Bertz CT molecular complexity index is 514. The normalized spacial score (nSPS) is 29.1. The molecule has 1 aromatic rings. The molecule has 4 nitrogen and oxygen atoms in total. The van der Waals surface area contributed by atoms with Gasteiger partial charge in [-0.2, -0.15) is 0 Å². The minimum atomic E-state index is 0.0208. The van der Waals surface area contributed by atoms with Gasteiger partial charge in [0, 0.05) is 31.5 Å². The standard InChI is InChI=1S/C15H20N2O2S/c1-16-13(18)11-4-2-6-15(11)7-8-17(10-15)14(19)12-5-3-9-20-12/h3,5,9,11H,2,4,6-8,10H2,1H3,(H,16,18). The Kier molecular flexibility index (Phi) is 3.54. The van der Waals surface area contributed by atoms with Crippen LogP contribution in [0, 0.1) is 11.3 Å². The second-order valence-electron chi connectivity index (χ2n) is 5.88. The molecule has 1 aliphatic carbocycles. The van der Waals surface area contributed by atoms with Gasteiger partial charge in [-0.1, -0.05) is 12.5 Å². The monoisotopic (exact) mass is 292 g/mol. The molecule has 0 aromatic carbocycles. The summed E-state index contributed by atoms with van der Waals surface area (Å²) < 4.78 is 0. The van der Waals surface area contributed by atoms with Crippen molar-refractivity contribution in [2.45, 2.75) is 25.7 Å². The highest BCUT2D eigenvalue weighted by molar-refractivity contribution is 7.12. The number of thiophene rings is 1. The molecule has 1 saturated carbocycles. The van der Waals surface area contributed by atoms with E-state index in [1.165, 1.54) is 11.3 Å². The van der Waals surface area contributed by atoms with E-state index < -0.39 is 0 Å². The molecule has 1 spiro atoms. The molecule has 1 aliphatic heterocycles. The molecule has 2 heterocycles. The molecule has 0 radical (unpaired) electrons. The molecule has 2 atom stereocenters. The first kappa shape index (κ1) is 13.6. The summed E-state index contributed by atoms with van der Waals surface area (Å²) in [5, 5.41) is 4.72. The van der Waals surface area contributed by atoms with Crippen molar-refractivity contribution >= 4 is 23.2 Å². The number of carbonyl (C=O) groups excluding carboxylic acids is 2. The Labute approximate surface area is 123 Å². The van der Waals surface area contributed by atoms with Crippen molar-refractivity contribution < 1.29 is 9.59 Å². The van der Waals surface area contributed by atoms with Gasteiger partial charge in [0.25, 0.3) is 5.91 Å². The molecule has 0 bridgehead atoms. The fourth-order valence-electron chi connectivity index (χ4n) is 3.84. The number of amides is 2. The first-order valence-corrected chi connectivity index (χ1v) is 8.09. The average molecular weight is 292 g/mol. The van der Waals surface area contributed by atoms with Gasteiger partial charge in [0.1, 0.15) is 0 Å². The van der Waals surface area contributed by atoms with Crippen LogP contribution in [0.4, 0.5) is 0 Å². The van der Waals surface area contributed by atoms with Crippen molar-refractivity contribution in [1.29, 1.82) is 0 Å². The number of carbonyl (C=O) groups is 2. The van der Waals surface area contributed by atoms with Crippen LogP contribution in [0.1, 0.15) is 35.4 Å². The van der Waals surface area contributed by atoms with Crippen molar-refractivity contribution in [3.05, 3.63) is 22.4 Å². The van der Waals surface area contributed by atoms with E-state index in [0.29, 0.717) is 0 Å². The van der Waals surface area contributed by atoms with E-state index in [2.05, 4.69) is 5.32 Å². The third-order valence-corrected chi connectivity index (χ3v) is 5.73. The lowest BCUT2D eigenvalue weighted by atomic mass is 9.76. The highest BCUT2D eigenvalue weighted by Gasteiger charge is 2.51. The predicted molar refractivity (Wildman–Crippen MR) is 78.7 cm³/mol. The predicted octanol–water partition coefficient (Wildman–Crippen LogP) is 2.13. The molecule has 2 unspecified atom stereocenters. The summed E-state index contributed by atoms with van der Waals surface area (Å²) in [6.45, 7) is 1.52. The van der Waals surface area contributed by atoms with Crippen molar-refractivity contribution in [2.24, 2.45) is 11.3 Å². The SMILES string of the molecule is CNC(=O)C1CCCC12CCN(C(=O)c1cccs1)C2. The minimum absolute atomic E-state index is 0.0208. The Hall–Kier alpha value is -1.36. The fourth-order valence-corrected chi connectivity index (χ4v) is 4.53. The second kappa shape index (κ2) is 5.20. The van der Waals surface area contributed by atoms with E-state index >= 15 is 0 Å². The third-order valence-electron chi connectivity index (χ3n) is 4.87. The van der Waals surface area contributed by atoms with E-state index in [0.717, 1.165) is 43.6 Å². The van der Waals surface area contributed by atoms with Gasteiger partial charge in [0.15, 0.2) is 0 Å². The maximum atomic E-state index is 12.4. The summed E-state index contributed by atoms with van der Waals surface area (Å²) >= 11 is 1.49. The molecule has 2 aliphatic rings. The van der Waals surface area contributed by atoms with Gasteiger partial charge in [0.05, 0.1) is 4.88 Å². The van der Waals surface area contributed by atoms with Gasteiger partial charge in [-0.3, -0.25) is 9.59 Å². The molecular formula is C15H20N2O2S. The summed E-state index contributed by atoms with van der Waals surface area (Å²) in [6, 6.07) is 3.79. The van der Waals surface area contributed by atoms with Gasteiger partial charge >= 0.3 is 0 Å². The fraction of sp³-hybridized carbons (Fsp3) is 0.600. The Morgan fingerprint density at radius 3 is 3.00 bits per heavy atom. The van der Waals surface area contributed by atoms with E-state index in [4.69, 9.17) is 0 Å². The quantitative estimate of drug-likeness (QED) is 0.908. The molecular weight excluding hydrogens is 272 g/mol. The summed E-state index contributed by atoms with van der Waals surface area (Å²) in [5.41, 5.74) is 0.0208. The summed E-state index contributed by atoms with van der Waals surface area (Å²) in [4.78, 5) is 27.2. The van der Waals surface area contributed by atoms with Crippen molar-refractivity contribution in [3.8, 4) is 0 Å². The zero-order valence-corrected chi connectivity index (χ0v) is 12.5. The number of nitrogens with one attached hydrogen (secondary N) is 1. The van der Waals surface area contributed by atoms with E-state index in [1.807, 2.05) is 22.4 Å². The third kappa shape index (κ3) is 2.14. The lowest BCUT2D eigenvalue weighted by molar-refractivity contribution is -0.127. The van der Waals surface area contributed by atoms with E-state index in [1.54, 1.807) is 7.05 Å². The molecule has 1 saturated heterocycles. The zero-order valence-electron chi connectivity index (χ0n) is 11.7. The largest absolute Gasteiger partial charge is 0.359 e. The molecule has 2 fully saturated rings. The van der Waals surface area contributed by atoms with Crippen LogP contribution in [0.3, 0.4) is 0 Å².